The lowest BCUT2D eigenvalue weighted by atomic mass is 10.0. The molecular weight excluding hydrogens is 192 g/mol. The molecule has 0 rings (SSSR count). The van der Waals surface area contributed by atoms with Crippen LogP contribution in [0.1, 0.15) is 53.4 Å². The first kappa shape index (κ1) is 14.4. The van der Waals surface area contributed by atoms with Crippen LogP contribution in [-0.2, 0) is 14.3 Å². The molecule has 0 spiro atoms. The zero-order chi connectivity index (χ0) is 11.7. The molecule has 0 aromatic rings. The molecule has 0 aliphatic heterocycles. The maximum absolute atomic E-state index is 11.1. The van der Waals surface area contributed by atoms with Crippen molar-refractivity contribution in [1.82, 2.24) is 0 Å². The average molecular weight is 216 g/mol. The molecule has 0 amide bonds. The summed E-state index contributed by atoms with van der Waals surface area (Å²) in [6.07, 6.45) is 3.32. The van der Waals surface area contributed by atoms with Crippen LogP contribution in [0.25, 0.3) is 0 Å². The van der Waals surface area contributed by atoms with E-state index in [1.54, 1.807) is 0 Å². The zero-order valence-corrected chi connectivity index (χ0v) is 10.5. The fourth-order valence-electron chi connectivity index (χ4n) is 1.37. The molecular formula is C12H24O3. The van der Waals surface area contributed by atoms with Gasteiger partial charge in [-0.15, -0.1) is 0 Å². The Morgan fingerprint density at radius 2 is 1.80 bits per heavy atom. The summed E-state index contributed by atoms with van der Waals surface area (Å²) in [5.41, 5.74) is -0.125. The Balaban J connectivity index is 3.55. The van der Waals surface area contributed by atoms with Gasteiger partial charge in [0.15, 0.2) is 0 Å². The van der Waals surface area contributed by atoms with E-state index in [0.717, 1.165) is 19.3 Å². The Morgan fingerprint density at radius 1 is 1.13 bits per heavy atom. The van der Waals surface area contributed by atoms with Gasteiger partial charge in [-0.05, 0) is 26.7 Å². The Labute approximate surface area is 93.1 Å². The summed E-state index contributed by atoms with van der Waals surface area (Å²) in [5, 5.41) is 0. The molecule has 0 aliphatic rings. The van der Waals surface area contributed by atoms with Crippen LogP contribution in [0.15, 0.2) is 0 Å². The lowest BCUT2D eigenvalue weighted by molar-refractivity contribution is -0.146. The quantitative estimate of drug-likeness (QED) is 0.585. The van der Waals surface area contributed by atoms with E-state index in [1.165, 1.54) is 0 Å². The molecule has 15 heavy (non-hydrogen) atoms. The first-order valence-electron chi connectivity index (χ1n) is 5.81. The lowest BCUT2D eigenvalue weighted by Crippen LogP contribution is -2.25. The summed E-state index contributed by atoms with van der Waals surface area (Å²) < 4.78 is 10.6. The van der Waals surface area contributed by atoms with E-state index in [2.05, 4.69) is 6.92 Å². The smallest absolute Gasteiger partial charge is 0.308 e. The summed E-state index contributed by atoms with van der Waals surface area (Å²) in [6, 6.07) is 0. The van der Waals surface area contributed by atoms with Crippen molar-refractivity contribution in [2.45, 2.75) is 59.0 Å². The fraction of sp³-hybridized carbons (Fsp3) is 0.917. The number of carbonyl (C=O) groups is 1. The normalized spacial score (nSPS) is 11.5. The molecule has 90 valence electrons. The molecule has 0 saturated heterocycles. The highest BCUT2D eigenvalue weighted by atomic mass is 16.5. The van der Waals surface area contributed by atoms with Gasteiger partial charge in [0.2, 0.25) is 0 Å². The van der Waals surface area contributed by atoms with Gasteiger partial charge in [-0.1, -0.05) is 20.3 Å². The number of ether oxygens (including phenoxy) is 2. The molecule has 0 heterocycles. The summed E-state index contributed by atoms with van der Waals surface area (Å²) in [4.78, 5) is 11.1. The molecule has 3 heteroatoms. The molecule has 0 radical (unpaired) electrons. The number of hydrogen-bond donors (Lipinski definition) is 0. The van der Waals surface area contributed by atoms with E-state index in [0.29, 0.717) is 19.6 Å². The van der Waals surface area contributed by atoms with Crippen LogP contribution in [0.3, 0.4) is 0 Å². The number of carbonyl (C=O) groups excluding carboxylic acids is 1. The van der Waals surface area contributed by atoms with E-state index in [4.69, 9.17) is 9.47 Å². The second-order valence-electron chi connectivity index (χ2n) is 4.33. The third-order valence-electron chi connectivity index (χ3n) is 2.12. The van der Waals surface area contributed by atoms with Crippen LogP contribution >= 0.6 is 0 Å². The van der Waals surface area contributed by atoms with Crippen molar-refractivity contribution < 1.29 is 14.3 Å². The Hall–Kier alpha value is -0.570. The highest BCUT2D eigenvalue weighted by molar-refractivity contribution is 5.69. The predicted octanol–water partition coefficient (Wildman–Crippen LogP) is 2.93. The zero-order valence-electron chi connectivity index (χ0n) is 10.5. The fourth-order valence-corrected chi connectivity index (χ4v) is 1.37. The minimum atomic E-state index is -0.163. The van der Waals surface area contributed by atoms with Crippen molar-refractivity contribution in [3.8, 4) is 0 Å². The standard InChI is InChI=1S/C12H24O3/c1-5-8-12(3,4)15-10-7-11(13)14-9-6-2/h5-10H2,1-4H3. The van der Waals surface area contributed by atoms with Crippen molar-refractivity contribution >= 4 is 5.97 Å². The predicted molar refractivity (Wildman–Crippen MR) is 60.8 cm³/mol. The maximum Gasteiger partial charge on any atom is 0.308 e. The van der Waals surface area contributed by atoms with Crippen LogP contribution in [0.5, 0.6) is 0 Å². The molecule has 0 unspecified atom stereocenters. The maximum atomic E-state index is 11.1. The minimum absolute atomic E-state index is 0.125. The second kappa shape index (κ2) is 7.69. The van der Waals surface area contributed by atoms with Crippen LogP contribution in [0.2, 0.25) is 0 Å². The summed E-state index contributed by atoms with van der Waals surface area (Å²) in [5.74, 6) is -0.163. The van der Waals surface area contributed by atoms with Gasteiger partial charge >= 0.3 is 5.97 Å². The number of hydrogen-bond acceptors (Lipinski definition) is 3. The van der Waals surface area contributed by atoms with Gasteiger partial charge in [0, 0.05) is 0 Å². The van der Waals surface area contributed by atoms with Gasteiger partial charge in [0.05, 0.1) is 25.2 Å². The Kier molecular flexibility index (Phi) is 7.39. The van der Waals surface area contributed by atoms with Crippen molar-refractivity contribution in [3.63, 3.8) is 0 Å². The third kappa shape index (κ3) is 8.43. The van der Waals surface area contributed by atoms with E-state index in [-0.39, 0.29) is 11.6 Å². The monoisotopic (exact) mass is 216 g/mol. The molecule has 0 N–H and O–H groups in total. The van der Waals surface area contributed by atoms with E-state index < -0.39 is 0 Å². The molecule has 0 aromatic heterocycles. The SMILES string of the molecule is CCCOC(=O)CCOC(C)(C)CCC. The van der Waals surface area contributed by atoms with Crippen molar-refractivity contribution in [2.24, 2.45) is 0 Å². The molecule has 0 bridgehead atoms. The van der Waals surface area contributed by atoms with Gasteiger partial charge in [-0.25, -0.2) is 0 Å². The minimum Gasteiger partial charge on any atom is -0.466 e. The first-order valence-corrected chi connectivity index (χ1v) is 5.81. The topological polar surface area (TPSA) is 35.5 Å². The molecule has 0 saturated carbocycles. The lowest BCUT2D eigenvalue weighted by Gasteiger charge is -2.24. The summed E-state index contributed by atoms with van der Waals surface area (Å²) in [6.45, 7) is 9.17. The van der Waals surface area contributed by atoms with E-state index in [1.807, 2.05) is 20.8 Å². The average Bonchev–Trinajstić information content (AvgIpc) is 2.14. The van der Waals surface area contributed by atoms with Crippen molar-refractivity contribution in [1.29, 1.82) is 0 Å². The Morgan fingerprint density at radius 3 is 2.33 bits per heavy atom. The Bertz CT molecular complexity index is 176. The first-order chi connectivity index (χ1) is 7.02. The second-order valence-corrected chi connectivity index (χ2v) is 4.33. The number of esters is 1. The highest BCUT2D eigenvalue weighted by Crippen LogP contribution is 2.16. The van der Waals surface area contributed by atoms with Crippen LogP contribution < -0.4 is 0 Å². The van der Waals surface area contributed by atoms with Gasteiger partial charge in [0.25, 0.3) is 0 Å². The molecule has 0 fully saturated rings. The van der Waals surface area contributed by atoms with Crippen LogP contribution in [0.4, 0.5) is 0 Å². The van der Waals surface area contributed by atoms with Crippen LogP contribution in [0, 0.1) is 0 Å². The van der Waals surface area contributed by atoms with Gasteiger partial charge in [0.1, 0.15) is 0 Å². The van der Waals surface area contributed by atoms with E-state index in [9.17, 15) is 4.79 Å². The molecule has 3 nitrogen and oxygen atoms in total. The summed E-state index contributed by atoms with van der Waals surface area (Å²) >= 11 is 0. The highest BCUT2D eigenvalue weighted by Gasteiger charge is 2.17. The van der Waals surface area contributed by atoms with Gasteiger partial charge < -0.3 is 9.47 Å². The van der Waals surface area contributed by atoms with Crippen molar-refractivity contribution in [3.05, 3.63) is 0 Å². The van der Waals surface area contributed by atoms with E-state index >= 15 is 0 Å². The van der Waals surface area contributed by atoms with Gasteiger partial charge in [-0.2, -0.15) is 0 Å². The van der Waals surface area contributed by atoms with Gasteiger partial charge in [-0.3, -0.25) is 4.79 Å². The summed E-state index contributed by atoms with van der Waals surface area (Å²) in [7, 11) is 0. The molecule has 0 atom stereocenters. The molecule has 0 aromatic carbocycles. The third-order valence-corrected chi connectivity index (χ3v) is 2.12. The van der Waals surface area contributed by atoms with Crippen molar-refractivity contribution in [2.75, 3.05) is 13.2 Å². The van der Waals surface area contributed by atoms with Crippen LogP contribution in [-0.4, -0.2) is 24.8 Å². The largest absolute Gasteiger partial charge is 0.466 e. The molecule has 0 aliphatic carbocycles. The number of rotatable bonds is 8.